The SMILES string of the molecule is COC(=O)[C@@H](C)C[C@@H]([NH3+])Cc1ccc2ccccc2c1. The second-order valence-corrected chi connectivity index (χ2v) is 5.41. The van der Waals surface area contributed by atoms with Gasteiger partial charge in [0.05, 0.1) is 19.1 Å². The maximum absolute atomic E-state index is 11.4. The molecule has 0 amide bonds. The number of benzene rings is 2. The highest BCUT2D eigenvalue weighted by Gasteiger charge is 2.19. The molecule has 0 saturated carbocycles. The van der Waals surface area contributed by atoms with Gasteiger partial charge in [-0.3, -0.25) is 4.79 Å². The summed E-state index contributed by atoms with van der Waals surface area (Å²) in [6.45, 7) is 1.89. The zero-order valence-electron chi connectivity index (χ0n) is 12.1. The number of hydrogen-bond donors (Lipinski definition) is 1. The highest BCUT2D eigenvalue weighted by atomic mass is 16.5. The van der Waals surface area contributed by atoms with Gasteiger partial charge in [-0.2, -0.15) is 0 Å². The van der Waals surface area contributed by atoms with Crippen LogP contribution in [-0.2, 0) is 16.0 Å². The second kappa shape index (κ2) is 6.53. The zero-order chi connectivity index (χ0) is 14.5. The molecule has 3 N–H and O–H groups in total. The lowest BCUT2D eigenvalue weighted by Gasteiger charge is -2.13. The lowest BCUT2D eigenvalue weighted by Crippen LogP contribution is -2.62. The van der Waals surface area contributed by atoms with E-state index >= 15 is 0 Å². The van der Waals surface area contributed by atoms with Crippen molar-refractivity contribution in [3.63, 3.8) is 0 Å². The van der Waals surface area contributed by atoms with Crippen molar-refractivity contribution < 1.29 is 15.3 Å². The van der Waals surface area contributed by atoms with E-state index in [1.54, 1.807) is 0 Å². The van der Waals surface area contributed by atoms with Gasteiger partial charge in [-0.25, -0.2) is 0 Å². The van der Waals surface area contributed by atoms with Crippen molar-refractivity contribution in [3.05, 3.63) is 48.0 Å². The molecule has 0 bridgehead atoms. The molecule has 0 radical (unpaired) electrons. The molecule has 2 atom stereocenters. The number of carbonyl (C=O) groups excluding carboxylic acids is 1. The van der Waals surface area contributed by atoms with Crippen LogP contribution in [0.4, 0.5) is 0 Å². The molecule has 0 heterocycles. The Balaban J connectivity index is 2.02. The summed E-state index contributed by atoms with van der Waals surface area (Å²) in [5.41, 5.74) is 5.43. The summed E-state index contributed by atoms with van der Waals surface area (Å²) in [5, 5.41) is 2.50. The average Bonchev–Trinajstić information content (AvgIpc) is 2.46. The summed E-state index contributed by atoms with van der Waals surface area (Å²) in [5.74, 6) is -0.250. The molecule has 0 aliphatic rings. The number of quaternary nitrogens is 1. The molecule has 0 spiro atoms. The van der Waals surface area contributed by atoms with E-state index in [9.17, 15) is 4.79 Å². The normalized spacial score (nSPS) is 13.9. The van der Waals surface area contributed by atoms with E-state index in [0.717, 1.165) is 12.8 Å². The topological polar surface area (TPSA) is 53.9 Å². The number of fused-ring (bicyclic) bond motifs is 1. The predicted molar refractivity (Wildman–Crippen MR) is 80.1 cm³/mol. The Labute approximate surface area is 119 Å². The standard InChI is InChI=1S/C17H21NO2/c1-12(17(19)20-2)9-16(18)11-13-7-8-14-5-3-4-6-15(14)10-13/h3-8,10,12,16H,9,11,18H2,1-2H3/p+1/t12-,16+/m0/s1. The minimum atomic E-state index is -0.155. The number of rotatable bonds is 5. The van der Waals surface area contributed by atoms with E-state index in [2.05, 4.69) is 36.1 Å². The van der Waals surface area contributed by atoms with Crippen molar-refractivity contribution in [1.82, 2.24) is 0 Å². The third-order valence-corrected chi connectivity index (χ3v) is 3.63. The van der Waals surface area contributed by atoms with Crippen molar-refractivity contribution >= 4 is 16.7 Å². The van der Waals surface area contributed by atoms with Crippen molar-refractivity contribution in [1.29, 1.82) is 0 Å². The Morgan fingerprint density at radius 1 is 1.20 bits per heavy atom. The number of carbonyl (C=O) groups is 1. The smallest absolute Gasteiger partial charge is 0.308 e. The van der Waals surface area contributed by atoms with Gasteiger partial charge >= 0.3 is 5.97 Å². The van der Waals surface area contributed by atoms with Crippen LogP contribution in [0, 0.1) is 5.92 Å². The maximum atomic E-state index is 11.4. The molecule has 0 aliphatic carbocycles. The van der Waals surface area contributed by atoms with Crippen LogP contribution in [0.5, 0.6) is 0 Å². The van der Waals surface area contributed by atoms with Crippen molar-refractivity contribution in [3.8, 4) is 0 Å². The van der Waals surface area contributed by atoms with E-state index in [1.807, 2.05) is 19.1 Å². The van der Waals surface area contributed by atoms with Crippen LogP contribution >= 0.6 is 0 Å². The molecule has 0 aromatic heterocycles. The van der Waals surface area contributed by atoms with Gasteiger partial charge in [0, 0.05) is 12.8 Å². The van der Waals surface area contributed by atoms with Crippen LogP contribution < -0.4 is 5.73 Å². The quantitative estimate of drug-likeness (QED) is 0.848. The largest absolute Gasteiger partial charge is 0.469 e. The van der Waals surface area contributed by atoms with Crippen LogP contribution in [0.3, 0.4) is 0 Å². The average molecular weight is 272 g/mol. The summed E-state index contributed by atoms with van der Waals surface area (Å²) in [4.78, 5) is 11.4. The second-order valence-electron chi connectivity index (χ2n) is 5.41. The van der Waals surface area contributed by atoms with Crippen molar-refractivity contribution in [2.45, 2.75) is 25.8 Å². The summed E-state index contributed by atoms with van der Waals surface area (Å²) in [7, 11) is 1.43. The van der Waals surface area contributed by atoms with Gasteiger partial charge < -0.3 is 10.5 Å². The summed E-state index contributed by atoms with van der Waals surface area (Å²) < 4.78 is 4.75. The Bertz CT molecular complexity index is 594. The van der Waals surface area contributed by atoms with Crippen LogP contribution in [0.25, 0.3) is 10.8 Å². The van der Waals surface area contributed by atoms with Gasteiger partial charge in [0.2, 0.25) is 0 Å². The summed E-state index contributed by atoms with van der Waals surface area (Å²) in [6, 6.07) is 15.0. The van der Waals surface area contributed by atoms with E-state index in [4.69, 9.17) is 4.74 Å². The summed E-state index contributed by atoms with van der Waals surface area (Å²) >= 11 is 0. The van der Waals surface area contributed by atoms with Crippen molar-refractivity contribution in [2.24, 2.45) is 5.92 Å². The van der Waals surface area contributed by atoms with Crippen LogP contribution in [0.1, 0.15) is 18.9 Å². The first-order valence-corrected chi connectivity index (χ1v) is 6.98. The minimum absolute atomic E-state index is 0.0945. The Hall–Kier alpha value is -1.87. The number of esters is 1. The van der Waals surface area contributed by atoms with Crippen LogP contribution in [0.15, 0.2) is 42.5 Å². The molecule has 20 heavy (non-hydrogen) atoms. The molecular formula is C17H22NO2+. The van der Waals surface area contributed by atoms with E-state index in [-0.39, 0.29) is 17.9 Å². The lowest BCUT2D eigenvalue weighted by molar-refractivity contribution is -0.422. The molecule has 106 valence electrons. The van der Waals surface area contributed by atoms with E-state index in [1.165, 1.54) is 23.4 Å². The molecule has 3 heteroatoms. The zero-order valence-corrected chi connectivity index (χ0v) is 12.1. The molecular weight excluding hydrogens is 250 g/mol. The van der Waals surface area contributed by atoms with E-state index < -0.39 is 0 Å². The first-order valence-electron chi connectivity index (χ1n) is 6.98. The highest BCUT2D eigenvalue weighted by Crippen LogP contribution is 2.17. The predicted octanol–water partition coefficient (Wildman–Crippen LogP) is 2.19. The van der Waals surface area contributed by atoms with Gasteiger partial charge in [-0.15, -0.1) is 0 Å². The number of ether oxygens (including phenoxy) is 1. The minimum Gasteiger partial charge on any atom is -0.469 e. The fourth-order valence-corrected chi connectivity index (χ4v) is 2.58. The fourth-order valence-electron chi connectivity index (χ4n) is 2.58. The Morgan fingerprint density at radius 3 is 2.60 bits per heavy atom. The first-order chi connectivity index (χ1) is 9.60. The molecule has 0 saturated heterocycles. The van der Waals surface area contributed by atoms with Crippen LogP contribution in [0.2, 0.25) is 0 Å². The van der Waals surface area contributed by atoms with Gasteiger partial charge in [0.1, 0.15) is 0 Å². The highest BCUT2D eigenvalue weighted by molar-refractivity contribution is 5.83. The monoisotopic (exact) mass is 272 g/mol. The fraction of sp³-hybridized carbons (Fsp3) is 0.353. The van der Waals surface area contributed by atoms with Gasteiger partial charge in [-0.05, 0) is 16.3 Å². The van der Waals surface area contributed by atoms with E-state index in [0.29, 0.717) is 0 Å². The summed E-state index contributed by atoms with van der Waals surface area (Å²) in [6.07, 6.45) is 1.63. The first kappa shape index (κ1) is 14.5. The molecule has 2 aromatic carbocycles. The third kappa shape index (κ3) is 3.58. The number of hydrogen-bond acceptors (Lipinski definition) is 2. The maximum Gasteiger partial charge on any atom is 0.308 e. The Morgan fingerprint density at radius 2 is 1.90 bits per heavy atom. The lowest BCUT2D eigenvalue weighted by atomic mass is 9.95. The van der Waals surface area contributed by atoms with Gasteiger partial charge in [-0.1, -0.05) is 49.4 Å². The molecule has 2 rings (SSSR count). The number of methoxy groups -OCH3 is 1. The molecule has 0 unspecified atom stereocenters. The molecule has 2 aromatic rings. The molecule has 0 fully saturated rings. The molecule has 3 nitrogen and oxygen atoms in total. The van der Waals surface area contributed by atoms with Crippen molar-refractivity contribution in [2.75, 3.05) is 7.11 Å². The van der Waals surface area contributed by atoms with Gasteiger partial charge in [0.15, 0.2) is 0 Å². The molecule has 0 aliphatic heterocycles. The van der Waals surface area contributed by atoms with Gasteiger partial charge in [0.25, 0.3) is 0 Å². The third-order valence-electron chi connectivity index (χ3n) is 3.63. The van der Waals surface area contributed by atoms with Crippen LogP contribution in [-0.4, -0.2) is 19.1 Å². The Kier molecular flexibility index (Phi) is 4.74.